The molecule has 0 saturated carbocycles. The maximum absolute atomic E-state index is 11.8. The van der Waals surface area contributed by atoms with Gasteiger partial charge in [-0.2, -0.15) is 0 Å². The van der Waals surface area contributed by atoms with Gasteiger partial charge < -0.3 is 14.4 Å². The molecule has 0 unspecified atom stereocenters. The number of ether oxygens (including phenoxy) is 2. The van der Waals surface area contributed by atoms with E-state index in [4.69, 9.17) is 14.5 Å². The fourth-order valence-electron chi connectivity index (χ4n) is 3.97. The third kappa shape index (κ3) is 5.54. The molecular formula is C30H27N2O3S2+. The van der Waals surface area contributed by atoms with Crippen LogP contribution in [0.1, 0.15) is 6.92 Å². The van der Waals surface area contributed by atoms with Gasteiger partial charge in [-0.1, -0.05) is 36.4 Å². The molecule has 0 atom stereocenters. The standard InChI is InChI=1S/C30H27N2O3S2/c1-3-34-21-35-23-15-16-26-28(19-23)36-30(31-26)22-14-17-27(32(2)20-33)29(18-22)37(24-10-6-4-7-11-24)25-12-8-5-9-13-25/h4-20H,3,21H2,1-2H3/q+1. The molecule has 0 spiro atoms. The number of rotatable bonds is 10. The first-order chi connectivity index (χ1) is 18.2. The van der Waals surface area contributed by atoms with Gasteiger partial charge in [-0.05, 0) is 61.5 Å². The van der Waals surface area contributed by atoms with E-state index >= 15 is 0 Å². The number of anilines is 1. The molecule has 1 aromatic heterocycles. The average molecular weight is 528 g/mol. The zero-order valence-electron chi connectivity index (χ0n) is 20.7. The van der Waals surface area contributed by atoms with E-state index in [9.17, 15) is 4.79 Å². The summed E-state index contributed by atoms with van der Waals surface area (Å²) < 4.78 is 12.0. The Morgan fingerprint density at radius 2 is 1.62 bits per heavy atom. The van der Waals surface area contributed by atoms with Crippen molar-refractivity contribution in [1.29, 1.82) is 0 Å². The van der Waals surface area contributed by atoms with Gasteiger partial charge in [0.1, 0.15) is 21.7 Å². The SMILES string of the molecule is CCOCOc1ccc2nc(-c3ccc(N(C)C=O)c([S+](c4ccccc4)c4ccccc4)c3)sc2c1. The van der Waals surface area contributed by atoms with E-state index < -0.39 is 10.9 Å². The normalized spacial score (nSPS) is 11.1. The first-order valence-electron chi connectivity index (χ1n) is 12.0. The van der Waals surface area contributed by atoms with Crippen molar-refractivity contribution in [3.05, 3.63) is 97.1 Å². The summed E-state index contributed by atoms with van der Waals surface area (Å²) in [5.41, 5.74) is 2.81. The average Bonchev–Trinajstić information content (AvgIpc) is 3.38. The molecule has 0 N–H and O–H groups in total. The van der Waals surface area contributed by atoms with Crippen LogP contribution in [-0.2, 0) is 20.4 Å². The summed E-state index contributed by atoms with van der Waals surface area (Å²) in [4.78, 5) is 21.9. The van der Waals surface area contributed by atoms with E-state index in [-0.39, 0.29) is 6.79 Å². The van der Waals surface area contributed by atoms with E-state index in [1.54, 1.807) is 23.3 Å². The molecule has 1 heterocycles. The number of carbonyl (C=O) groups excluding carboxylic acids is 1. The van der Waals surface area contributed by atoms with Crippen LogP contribution < -0.4 is 9.64 Å². The minimum Gasteiger partial charge on any atom is -0.468 e. The second kappa shape index (κ2) is 11.6. The fourth-order valence-corrected chi connectivity index (χ4v) is 7.27. The van der Waals surface area contributed by atoms with Crippen LogP contribution in [0.15, 0.2) is 112 Å². The van der Waals surface area contributed by atoms with E-state index in [1.807, 2.05) is 49.4 Å². The lowest BCUT2D eigenvalue weighted by Gasteiger charge is -2.17. The number of hydrogen-bond acceptors (Lipinski definition) is 5. The number of hydrogen-bond donors (Lipinski definition) is 0. The summed E-state index contributed by atoms with van der Waals surface area (Å²) in [6.45, 7) is 2.78. The second-order valence-corrected chi connectivity index (χ2v) is 11.3. The van der Waals surface area contributed by atoms with E-state index in [0.717, 1.165) is 43.5 Å². The van der Waals surface area contributed by atoms with Crippen molar-refractivity contribution < 1.29 is 14.3 Å². The summed E-state index contributed by atoms with van der Waals surface area (Å²) >= 11 is 1.62. The number of aromatic nitrogens is 1. The molecule has 0 bridgehead atoms. The minimum absolute atomic E-state index is 0.226. The van der Waals surface area contributed by atoms with Gasteiger partial charge in [0, 0.05) is 25.3 Å². The molecule has 0 aliphatic carbocycles. The maximum Gasteiger partial charge on any atom is 0.214 e. The third-order valence-corrected chi connectivity index (χ3v) is 9.12. The van der Waals surface area contributed by atoms with Crippen molar-refractivity contribution in [1.82, 2.24) is 4.98 Å². The molecule has 5 nitrogen and oxygen atoms in total. The smallest absolute Gasteiger partial charge is 0.214 e. The summed E-state index contributed by atoms with van der Waals surface area (Å²) in [5.74, 6) is 0.759. The minimum atomic E-state index is -0.416. The lowest BCUT2D eigenvalue weighted by Crippen LogP contribution is -2.18. The predicted octanol–water partition coefficient (Wildman–Crippen LogP) is 7.02. The first kappa shape index (κ1) is 25.0. The number of fused-ring (bicyclic) bond motifs is 1. The zero-order chi connectivity index (χ0) is 25.6. The van der Waals surface area contributed by atoms with Gasteiger partial charge in [-0.25, -0.2) is 4.98 Å². The van der Waals surface area contributed by atoms with Crippen molar-refractivity contribution >= 4 is 44.5 Å². The van der Waals surface area contributed by atoms with Crippen LogP contribution >= 0.6 is 11.3 Å². The highest BCUT2D eigenvalue weighted by molar-refractivity contribution is 7.97. The molecule has 7 heteroatoms. The Balaban J connectivity index is 1.61. The number of nitrogens with zero attached hydrogens (tertiary/aromatic N) is 2. The zero-order valence-corrected chi connectivity index (χ0v) is 22.3. The molecule has 0 radical (unpaired) electrons. The van der Waals surface area contributed by atoms with Gasteiger partial charge in [-0.15, -0.1) is 11.3 Å². The Kier molecular flexibility index (Phi) is 7.84. The van der Waals surface area contributed by atoms with Gasteiger partial charge in [0.15, 0.2) is 21.5 Å². The van der Waals surface area contributed by atoms with Crippen molar-refractivity contribution in [2.75, 3.05) is 25.3 Å². The van der Waals surface area contributed by atoms with Crippen LogP contribution in [0.5, 0.6) is 5.75 Å². The van der Waals surface area contributed by atoms with Gasteiger partial charge in [0.25, 0.3) is 0 Å². The number of carbonyl (C=O) groups is 1. The Bertz CT molecular complexity index is 1450. The van der Waals surface area contributed by atoms with Crippen molar-refractivity contribution in [3.63, 3.8) is 0 Å². The van der Waals surface area contributed by atoms with Crippen LogP contribution in [0.3, 0.4) is 0 Å². The molecule has 0 fully saturated rings. The second-order valence-electron chi connectivity index (χ2n) is 8.23. The lowest BCUT2D eigenvalue weighted by molar-refractivity contribution is -0.107. The van der Waals surface area contributed by atoms with Crippen LogP contribution in [0.4, 0.5) is 5.69 Å². The highest BCUT2D eigenvalue weighted by Crippen LogP contribution is 2.40. The Morgan fingerprint density at radius 1 is 0.919 bits per heavy atom. The molecule has 0 aliphatic rings. The largest absolute Gasteiger partial charge is 0.468 e. The van der Waals surface area contributed by atoms with Crippen LogP contribution in [-0.4, -0.2) is 31.8 Å². The molecule has 4 aromatic carbocycles. The maximum atomic E-state index is 11.8. The van der Waals surface area contributed by atoms with Crippen molar-refractivity contribution in [3.8, 4) is 16.3 Å². The summed E-state index contributed by atoms with van der Waals surface area (Å²) in [6.07, 6.45) is 0.859. The van der Waals surface area contributed by atoms with Gasteiger partial charge in [-0.3, -0.25) is 4.79 Å². The number of amides is 1. The Hall–Kier alpha value is -3.65. The molecule has 37 heavy (non-hydrogen) atoms. The first-order valence-corrected chi connectivity index (χ1v) is 14.0. The fraction of sp³-hybridized carbons (Fsp3) is 0.133. The van der Waals surface area contributed by atoms with Gasteiger partial charge in [0.05, 0.1) is 15.9 Å². The third-order valence-electron chi connectivity index (χ3n) is 5.80. The molecule has 1 amide bonds. The summed E-state index contributed by atoms with van der Waals surface area (Å²) in [6, 6.07) is 33.0. The van der Waals surface area contributed by atoms with E-state index in [0.29, 0.717) is 6.61 Å². The highest BCUT2D eigenvalue weighted by Gasteiger charge is 2.33. The van der Waals surface area contributed by atoms with Crippen molar-refractivity contribution in [2.45, 2.75) is 21.6 Å². The molecule has 5 aromatic rings. The predicted molar refractivity (Wildman–Crippen MR) is 152 cm³/mol. The van der Waals surface area contributed by atoms with E-state index in [2.05, 4.69) is 54.6 Å². The molecule has 0 saturated heterocycles. The highest BCUT2D eigenvalue weighted by atomic mass is 32.2. The van der Waals surface area contributed by atoms with Crippen molar-refractivity contribution in [2.24, 2.45) is 0 Å². The van der Waals surface area contributed by atoms with Crippen LogP contribution in [0.25, 0.3) is 20.8 Å². The summed E-state index contributed by atoms with van der Waals surface area (Å²) in [5, 5.41) is 0.920. The lowest BCUT2D eigenvalue weighted by atomic mass is 10.2. The Labute approximate surface area is 223 Å². The number of benzene rings is 4. The Morgan fingerprint density at radius 3 is 2.27 bits per heavy atom. The van der Waals surface area contributed by atoms with Crippen LogP contribution in [0.2, 0.25) is 0 Å². The monoisotopic (exact) mass is 527 g/mol. The molecule has 186 valence electrons. The van der Waals surface area contributed by atoms with E-state index in [1.165, 1.54) is 9.79 Å². The topological polar surface area (TPSA) is 51.7 Å². The quantitative estimate of drug-likeness (QED) is 0.0847. The summed E-state index contributed by atoms with van der Waals surface area (Å²) in [7, 11) is 1.38. The molecule has 5 rings (SSSR count). The molecule has 0 aliphatic heterocycles. The van der Waals surface area contributed by atoms with Gasteiger partial charge in [0.2, 0.25) is 6.41 Å². The number of thiazole rings is 1. The van der Waals surface area contributed by atoms with Gasteiger partial charge >= 0.3 is 0 Å². The molecular weight excluding hydrogens is 500 g/mol. The van der Waals surface area contributed by atoms with Crippen LogP contribution in [0, 0.1) is 0 Å².